The molecule has 0 fully saturated rings. The minimum Gasteiger partial charge on any atom is -0.324 e. The van der Waals surface area contributed by atoms with Crippen molar-refractivity contribution in [1.29, 1.82) is 0 Å². The highest BCUT2D eigenvalue weighted by molar-refractivity contribution is 8.00. The largest absolute Gasteiger partial charge is 0.324 e. The Morgan fingerprint density at radius 2 is 2.22 bits per heavy atom. The molecule has 0 spiro atoms. The van der Waals surface area contributed by atoms with Gasteiger partial charge in [-0.05, 0) is 42.9 Å². The number of fused-ring (bicyclic) bond motifs is 3. The lowest BCUT2D eigenvalue weighted by Crippen LogP contribution is -2.14. The smallest absolute Gasteiger partial charge is 0.234 e. The highest BCUT2D eigenvalue weighted by Crippen LogP contribution is 2.40. The summed E-state index contributed by atoms with van der Waals surface area (Å²) < 4.78 is 0. The number of nitrogens with one attached hydrogen (secondary N) is 1. The first-order chi connectivity index (χ1) is 13.0. The van der Waals surface area contributed by atoms with Gasteiger partial charge in [-0.25, -0.2) is 9.97 Å². The van der Waals surface area contributed by atoms with Crippen LogP contribution in [0.1, 0.15) is 23.8 Å². The number of halogens is 2. The standard InChI is InChI=1S/C19H17Cl2N3OS2/c1-10-5-6-11-14(7-10)27-19-16(11)18(22-9-23-19)26-8-15(25)24-13-4-2-3-12(20)17(13)21/h2-4,9-10H,5-8H2,1H3,(H,24,25)/t10-/m1/s1. The number of anilines is 1. The molecule has 140 valence electrons. The van der Waals surface area contributed by atoms with Crippen molar-refractivity contribution in [3.05, 3.63) is 45.0 Å². The molecule has 3 aromatic rings. The van der Waals surface area contributed by atoms with Crippen LogP contribution in [0, 0.1) is 5.92 Å². The molecule has 1 aromatic carbocycles. The maximum Gasteiger partial charge on any atom is 0.234 e. The van der Waals surface area contributed by atoms with E-state index in [1.807, 2.05) is 0 Å². The van der Waals surface area contributed by atoms with Crippen LogP contribution in [0.4, 0.5) is 5.69 Å². The van der Waals surface area contributed by atoms with Gasteiger partial charge in [-0.1, -0.05) is 48.0 Å². The Bertz CT molecular complexity index is 1020. The van der Waals surface area contributed by atoms with E-state index in [1.54, 1.807) is 35.9 Å². The Morgan fingerprint density at radius 3 is 3.07 bits per heavy atom. The molecular formula is C19H17Cl2N3OS2. The molecule has 4 nitrogen and oxygen atoms in total. The Balaban J connectivity index is 1.52. The molecule has 1 N–H and O–H groups in total. The van der Waals surface area contributed by atoms with Crippen LogP contribution in [0.3, 0.4) is 0 Å². The zero-order valence-electron chi connectivity index (χ0n) is 14.6. The molecule has 0 aliphatic heterocycles. The zero-order valence-corrected chi connectivity index (χ0v) is 17.7. The molecule has 0 saturated heterocycles. The number of nitrogens with zero attached hydrogens (tertiary/aromatic N) is 2. The molecule has 1 aliphatic carbocycles. The second-order valence-electron chi connectivity index (χ2n) is 6.65. The number of hydrogen-bond donors (Lipinski definition) is 1. The third kappa shape index (κ3) is 3.94. The van der Waals surface area contributed by atoms with Crippen molar-refractivity contribution >= 4 is 68.1 Å². The maximum atomic E-state index is 12.4. The van der Waals surface area contributed by atoms with E-state index in [0.29, 0.717) is 21.7 Å². The quantitative estimate of drug-likeness (QED) is 0.410. The van der Waals surface area contributed by atoms with Crippen molar-refractivity contribution in [2.24, 2.45) is 5.92 Å². The summed E-state index contributed by atoms with van der Waals surface area (Å²) in [6.07, 6.45) is 4.93. The third-order valence-corrected chi connectivity index (χ3v) is 7.59. The Kier molecular flexibility index (Phi) is 5.60. The third-order valence-electron chi connectivity index (χ3n) is 4.62. The fourth-order valence-electron chi connectivity index (χ4n) is 3.28. The van der Waals surface area contributed by atoms with E-state index in [1.165, 1.54) is 28.6 Å². The van der Waals surface area contributed by atoms with E-state index >= 15 is 0 Å². The predicted molar refractivity (Wildman–Crippen MR) is 114 cm³/mol. The van der Waals surface area contributed by atoms with Gasteiger partial charge in [-0.2, -0.15) is 0 Å². The van der Waals surface area contributed by atoms with E-state index in [4.69, 9.17) is 23.2 Å². The monoisotopic (exact) mass is 437 g/mol. The molecule has 1 atom stereocenters. The van der Waals surface area contributed by atoms with Crippen molar-refractivity contribution in [3.63, 3.8) is 0 Å². The number of carbonyl (C=O) groups excluding carboxylic acids is 1. The lowest BCUT2D eigenvalue weighted by molar-refractivity contribution is -0.113. The second-order valence-corrected chi connectivity index (χ2v) is 9.48. The van der Waals surface area contributed by atoms with Crippen LogP contribution in [0.15, 0.2) is 29.6 Å². The van der Waals surface area contributed by atoms with Gasteiger partial charge in [0.2, 0.25) is 5.91 Å². The minimum atomic E-state index is -0.145. The van der Waals surface area contributed by atoms with Gasteiger partial charge < -0.3 is 5.32 Å². The second kappa shape index (κ2) is 7.95. The van der Waals surface area contributed by atoms with E-state index in [-0.39, 0.29) is 11.7 Å². The summed E-state index contributed by atoms with van der Waals surface area (Å²) >= 11 is 15.3. The Hall–Kier alpha value is -1.34. The lowest BCUT2D eigenvalue weighted by Gasteiger charge is -2.18. The van der Waals surface area contributed by atoms with Crippen LogP contribution in [0.2, 0.25) is 10.0 Å². The number of amides is 1. The summed E-state index contributed by atoms with van der Waals surface area (Å²) in [5, 5.41) is 5.58. The van der Waals surface area contributed by atoms with Gasteiger partial charge in [0.25, 0.3) is 0 Å². The molecule has 4 rings (SSSR count). The van der Waals surface area contributed by atoms with Crippen LogP contribution in [-0.4, -0.2) is 21.6 Å². The topological polar surface area (TPSA) is 54.9 Å². The lowest BCUT2D eigenvalue weighted by atomic mass is 9.89. The molecule has 0 radical (unpaired) electrons. The van der Waals surface area contributed by atoms with Crippen molar-refractivity contribution in [2.75, 3.05) is 11.1 Å². The number of thioether (sulfide) groups is 1. The van der Waals surface area contributed by atoms with Gasteiger partial charge in [0.15, 0.2) is 0 Å². The molecule has 8 heteroatoms. The van der Waals surface area contributed by atoms with Crippen LogP contribution in [-0.2, 0) is 17.6 Å². The molecular weight excluding hydrogens is 421 g/mol. The number of thiophene rings is 1. The highest BCUT2D eigenvalue weighted by atomic mass is 35.5. The van der Waals surface area contributed by atoms with Crippen LogP contribution in [0.25, 0.3) is 10.2 Å². The van der Waals surface area contributed by atoms with Gasteiger partial charge in [-0.15, -0.1) is 11.3 Å². The molecule has 27 heavy (non-hydrogen) atoms. The average Bonchev–Trinajstić information content (AvgIpc) is 3.01. The number of benzene rings is 1. The number of rotatable bonds is 4. The molecule has 0 saturated carbocycles. The number of hydrogen-bond acceptors (Lipinski definition) is 5. The first kappa shape index (κ1) is 19.0. The summed E-state index contributed by atoms with van der Waals surface area (Å²) in [4.78, 5) is 23.7. The van der Waals surface area contributed by atoms with Gasteiger partial charge in [0.1, 0.15) is 16.2 Å². The summed E-state index contributed by atoms with van der Waals surface area (Å²) in [5.74, 6) is 0.812. The summed E-state index contributed by atoms with van der Waals surface area (Å²) in [5.41, 5.74) is 1.89. The zero-order chi connectivity index (χ0) is 19.0. The van der Waals surface area contributed by atoms with Crippen molar-refractivity contribution in [2.45, 2.75) is 31.2 Å². The fourth-order valence-corrected chi connectivity index (χ4v) is 5.86. The van der Waals surface area contributed by atoms with E-state index in [2.05, 4.69) is 22.2 Å². The SMILES string of the molecule is C[C@@H]1CCc2c(sc3ncnc(SCC(=O)Nc4cccc(Cl)c4Cl)c23)C1. The maximum absolute atomic E-state index is 12.4. The van der Waals surface area contributed by atoms with Crippen LogP contribution >= 0.6 is 46.3 Å². The predicted octanol–water partition coefficient (Wildman–Crippen LogP) is 5.85. The molecule has 2 aromatic heterocycles. The fraction of sp³-hybridized carbons (Fsp3) is 0.316. The van der Waals surface area contributed by atoms with Gasteiger partial charge >= 0.3 is 0 Å². The molecule has 2 heterocycles. The van der Waals surface area contributed by atoms with E-state index in [0.717, 1.165) is 28.1 Å². The summed E-state index contributed by atoms with van der Waals surface area (Å²) in [6, 6.07) is 5.17. The van der Waals surface area contributed by atoms with Crippen LogP contribution < -0.4 is 5.32 Å². The van der Waals surface area contributed by atoms with Crippen molar-refractivity contribution in [3.8, 4) is 0 Å². The van der Waals surface area contributed by atoms with E-state index < -0.39 is 0 Å². The van der Waals surface area contributed by atoms with Crippen molar-refractivity contribution in [1.82, 2.24) is 9.97 Å². The highest BCUT2D eigenvalue weighted by Gasteiger charge is 2.23. The Morgan fingerprint density at radius 1 is 1.37 bits per heavy atom. The van der Waals surface area contributed by atoms with E-state index in [9.17, 15) is 4.79 Å². The normalized spacial score (nSPS) is 16.3. The summed E-state index contributed by atoms with van der Waals surface area (Å²) in [6.45, 7) is 2.29. The molecule has 0 unspecified atom stereocenters. The number of carbonyl (C=O) groups is 1. The van der Waals surface area contributed by atoms with Gasteiger partial charge in [0.05, 0.1) is 21.5 Å². The first-order valence-electron chi connectivity index (χ1n) is 8.65. The van der Waals surface area contributed by atoms with Crippen molar-refractivity contribution < 1.29 is 4.79 Å². The Labute approximate surface area is 175 Å². The molecule has 1 aliphatic rings. The first-order valence-corrected chi connectivity index (χ1v) is 11.2. The summed E-state index contributed by atoms with van der Waals surface area (Å²) in [7, 11) is 0. The minimum absolute atomic E-state index is 0.145. The van der Waals surface area contributed by atoms with Crippen LogP contribution in [0.5, 0.6) is 0 Å². The van der Waals surface area contributed by atoms with Gasteiger partial charge in [0, 0.05) is 10.3 Å². The average molecular weight is 438 g/mol. The number of aryl methyl sites for hydroxylation is 1. The van der Waals surface area contributed by atoms with Gasteiger partial charge in [-0.3, -0.25) is 4.79 Å². The molecule has 1 amide bonds. The number of aromatic nitrogens is 2. The molecule has 0 bridgehead atoms.